The number of aromatic nitrogens is 4. The molecule has 0 radical (unpaired) electrons. The normalized spacial score (nSPS) is 17.6. The molecule has 0 spiro atoms. The SMILES string of the molecule is O=C(Cc1ccccc1)N1CCC[C@H]1c1nc2ccc(C#Cc3ccc4nc([C@@H]5CCCN5C(=O)Cc5ccccc5)[nH]c4c3)cc2[nH]1. The summed E-state index contributed by atoms with van der Waals surface area (Å²) in [5, 5.41) is 0. The molecule has 0 saturated carbocycles. The summed E-state index contributed by atoms with van der Waals surface area (Å²) in [7, 11) is 0. The zero-order valence-electron chi connectivity index (χ0n) is 26.7. The van der Waals surface area contributed by atoms with Crippen LogP contribution in [0.5, 0.6) is 0 Å². The number of carbonyl (C=O) groups excluding carboxylic acids is 2. The maximum absolute atomic E-state index is 13.2. The van der Waals surface area contributed by atoms with Crippen LogP contribution in [0.4, 0.5) is 0 Å². The van der Waals surface area contributed by atoms with Crippen LogP contribution in [0, 0.1) is 11.8 Å². The molecule has 2 aliphatic heterocycles. The zero-order chi connectivity index (χ0) is 32.5. The van der Waals surface area contributed by atoms with Crippen molar-refractivity contribution in [2.45, 2.75) is 50.6 Å². The van der Waals surface area contributed by atoms with E-state index in [1.54, 1.807) is 0 Å². The molecule has 8 rings (SSSR count). The first-order valence-electron chi connectivity index (χ1n) is 16.8. The molecule has 0 aliphatic carbocycles. The second kappa shape index (κ2) is 12.8. The van der Waals surface area contributed by atoms with Crippen LogP contribution >= 0.6 is 0 Å². The van der Waals surface area contributed by atoms with Crippen LogP contribution in [-0.2, 0) is 22.4 Å². The van der Waals surface area contributed by atoms with Crippen molar-refractivity contribution in [3.8, 4) is 11.8 Å². The Morgan fingerprint density at radius 2 is 1.06 bits per heavy atom. The Bertz CT molecular complexity index is 2020. The third-order valence-electron chi connectivity index (χ3n) is 9.53. The number of likely N-dealkylation sites (tertiary alicyclic amines) is 2. The van der Waals surface area contributed by atoms with Crippen molar-refractivity contribution in [2.24, 2.45) is 0 Å². The third kappa shape index (κ3) is 6.07. The molecule has 8 nitrogen and oxygen atoms in total. The molecule has 0 bridgehead atoms. The number of imidazole rings is 2. The number of nitrogens with one attached hydrogen (secondary N) is 2. The zero-order valence-corrected chi connectivity index (χ0v) is 26.7. The summed E-state index contributed by atoms with van der Waals surface area (Å²) in [6.45, 7) is 1.50. The summed E-state index contributed by atoms with van der Waals surface area (Å²) < 4.78 is 0. The number of hydrogen-bond acceptors (Lipinski definition) is 4. The maximum atomic E-state index is 13.2. The molecule has 48 heavy (non-hydrogen) atoms. The first-order valence-corrected chi connectivity index (χ1v) is 16.8. The summed E-state index contributed by atoms with van der Waals surface area (Å²) in [5.74, 6) is 8.55. The summed E-state index contributed by atoms with van der Waals surface area (Å²) in [5.41, 5.74) is 7.38. The number of hydrogen-bond donors (Lipinski definition) is 2. The smallest absolute Gasteiger partial charge is 0.227 e. The molecule has 4 aromatic carbocycles. The van der Waals surface area contributed by atoms with Gasteiger partial charge in [0.2, 0.25) is 11.8 Å². The third-order valence-corrected chi connectivity index (χ3v) is 9.53. The molecule has 0 unspecified atom stereocenters. The van der Waals surface area contributed by atoms with E-state index in [2.05, 4.69) is 21.8 Å². The van der Waals surface area contributed by atoms with Crippen LogP contribution in [-0.4, -0.2) is 54.6 Å². The fraction of sp³-hybridized carbons (Fsp3) is 0.250. The number of benzene rings is 4. The largest absolute Gasteiger partial charge is 0.340 e. The molecular formula is C40H36N6O2. The maximum Gasteiger partial charge on any atom is 0.227 e. The average Bonchev–Trinajstić information content (AvgIpc) is 3.93. The van der Waals surface area contributed by atoms with E-state index in [1.807, 2.05) is 107 Å². The van der Waals surface area contributed by atoms with E-state index >= 15 is 0 Å². The molecule has 2 aromatic heterocycles. The number of carbonyl (C=O) groups is 2. The molecule has 2 saturated heterocycles. The highest BCUT2D eigenvalue weighted by atomic mass is 16.2. The highest BCUT2D eigenvalue weighted by molar-refractivity contribution is 5.82. The lowest BCUT2D eigenvalue weighted by molar-refractivity contribution is -0.132. The fourth-order valence-corrected chi connectivity index (χ4v) is 7.12. The van der Waals surface area contributed by atoms with Gasteiger partial charge >= 0.3 is 0 Å². The van der Waals surface area contributed by atoms with E-state index in [-0.39, 0.29) is 23.9 Å². The highest BCUT2D eigenvalue weighted by Gasteiger charge is 2.33. The molecule has 4 heterocycles. The van der Waals surface area contributed by atoms with Crippen LogP contribution in [0.2, 0.25) is 0 Å². The molecule has 2 atom stereocenters. The van der Waals surface area contributed by atoms with Gasteiger partial charge in [-0.2, -0.15) is 0 Å². The van der Waals surface area contributed by atoms with Gasteiger partial charge in [-0.25, -0.2) is 9.97 Å². The van der Waals surface area contributed by atoms with E-state index in [1.165, 1.54) is 0 Å². The van der Waals surface area contributed by atoms with Crippen molar-refractivity contribution in [1.82, 2.24) is 29.7 Å². The number of H-pyrrole nitrogens is 2. The number of rotatable bonds is 6. The Hall–Kier alpha value is -5.68. The predicted octanol–water partition coefficient (Wildman–Crippen LogP) is 6.65. The second-order valence-corrected chi connectivity index (χ2v) is 12.8. The van der Waals surface area contributed by atoms with Crippen molar-refractivity contribution in [3.63, 3.8) is 0 Å². The molecule has 2 amide bonds. The van der Waals surface area contributed by atoms with Crippen LogP contribution in [0.25, 0.3) is 22.1 Å². The molecule has 238 valence electrons. The van der Waals surface area contributed by atoms with Gasteiger partial charge in [-0.1, -0.05) is 72.5 Å². The second-order valence-electron chi connectivity index (χ2n) is 12.8. The van der Waals surface area contributed by atoms with Crippen molar-refractivity contribution >= 4 is 33.9 Å². The van der Waals surface area contributed by atoms with Gasteiger partial charge in [0, 0.05) is 24.2 Å². The minimum atomic E-state index is -0.0486. The summed E-state index contributed by atoms with van der Waals surface area (Å²) in [6, 6.07) is 31.7. The summed E-state index contributed by atoms with van der Waals surface area (Å²) >= 11 is 0. The molecule has 2 aliphatic rings. The monoisotopic (exact) mass is 632 g/mol. The standard InChI is InChI=1S/C40H36N6O2/c47-37(25-27-9-3-1-4-10-27)45-21-7-13-35(45)39-41-31-19-17-29(23-33(31)43-39)15-16-30-18-20-32-34(24-30)44-40(42-32)36-14-8-22-46(36)38(48)26-28-11-5-2-6-12-28/h1-6,9-12,17-20,23-24,35-36H,7-8,13-14,21-22,25-26H2,(H,41,43)(H,42,44)/t35-,36-/m0/s1. The van der Waals surface area contributed by atoms with Gasteiger partial charge in [-0.15, -0.1) is 0 Å². The van der Waals surface area contributed by atoms with Gasteiger partial charge in [-0.3, -0.25) is 9.59 Å². The van der Waals surface area contributed by atoms with Gasteiger partial charge in [-0.05, 0) is 73.2 Å². The first kappa shape index (κ1) is 29.7. The van der Waals surface area contributed by atoms with Crippen molar-refractivity contribution in [3.05, 3.63) is 131 Å². The number of nitrogens with zero attached hydrogens (tertiary/aromatic N) is 4. The predicted molar refractivity (Wildman–Crippen MR) is 186 cm³/mol. The minimum absolute atomic E-state index is 0.0486. The Kier molecular flexibility index (Phi) is 7.95. The molecule has 8 heteroatoms. The van der Waals surface area contributed by atoms with Gasteiger partial charge < -0.3 is 19.8 Å². The van der Waals surface area contributed by atoms with E-state index in [0.29, 0.717) is 12.8 Å². The van der Waals surface area contributed by atoms with Crippen LogP contribution in [0.3, 0.4) is 0 Å². The molecule has 6 aromatic rings. The number of fused-ring (bicyclic) bond motifs is 2. The highest BCUT2D eigenvalue weighted by Crippen LogP contribution is 2.33. The van der Waals surface area contributed by atoms with Crippen LogP contribution in [0.1, 0.15) is 71.7 Å². The quantitative estimate of drug-likeness (QED) is 0.201. The van der Waals surface area contributed by atoms with Crippen molar-refractivity contribution in [2.75, 3.05) is 13.1 Å². The lowest BCUT2D eigenvalue weighted by Gasteiger charge is -2.23. The van der Waals surface area contributed by atoms with Crippen molar-refractivity contribution in [1.29, 1.82) is 0 Å². The Morgan fingerprint density at radius 3 is 1.50 bits per heavy atom. The summed E-state index contributed by atoms with van der Waals surface area (Å²) in [4.78, 5) is 47.0. The Morgan fingerprint density at radius 1 is 0.625 bits per heavy atom. The number of amides is 2. The molecule has 2 fully saturated rings. The molecule has 2 N–H and O–H groups in total. The fourth-order valence-electron chi connectivity index (χ4n) is 7.12. The van der Waals surface area contributed by atoms with Gasteiger partial charge in [0.05, 0.1) is 47.0 Å². The summed E-state index contributed by atoms with van der Waals surface area (Å²) in [6.07, 6.45) is 4.52. The van der Waals surface area contributed by atoms with Crippen LogP contribution in [0.15, 0.2) is 97.1 Å². The van der Waals surface area contributed by atoms with E-state index in [9.17, 15) is 9.59 Å². The Labute approximate surface area is 279 Å². The minimum Gasteiger partial charge on any atom is -0.340 e. The number of aromatic amines is 2. The van der Waals surface area contributed by atoms with Crippen molar-refractivity contribution < 1.29 is 9.59 Å². The lowest BCUT2D eigenvalue weighted by Crippen LogP contribution is -2.32. The van der Waals surface area contributed by atoms with Crippen LogP contribution < -0.4 is 0 Å². The first-order chi connectivity index (χ1) is 23.6. The lowest BCUT2D eigenvalue weighted by atomic mass is 10.1. The average molecular weight is 633 g/mol. The van der Waals surface area contributed by atoms with Gasteiger partial charge in [0.15, 0.2) is 0 Å². The van der Waals surface area contributed by atoms with E-state index < -0.39 is 0 Å². The van der Waals surface area contributed by atoms with E-state index in [0.717, 1.165) is 94.7 Å². The Balaban J connectivity index is 0.971. The topological polar surface area (TPSA) is 98.0 Å². The van der Waals surface area contributed by atoms with E-state index in [4.69, 9.17) is 9.97 Å². The van der Waals surface area contributed by atoms with Gasteiger partial charge in [0.25, 0.3) is 0 Å². The molecular weight excluding hydrogens is 596 g/mol. The van der Waals surface area contributed by atoms with Gasteiger partial charge in [0.1, 0.15) is 11.6 Å².